The van der Waals surface area contributed by atoms with E-state index in [4.69, 9.17) is 5.11 Å². The highest BCUT2D eigenvalue weighted by Crippen LogP contribution is 2.18. The van der Waals surface area contributed by atoms with Crippen LogP contribution in [0.5, 0.6) is 5.88 Å². The minimum Gasteiger partial charge on any atom is -0.493 e. The number of nitrogens with zero attached hydrogens (tertiary/aromatic N) is 2. The van der Waals surface area contributed by atoms with E-state index in [1.165, 1.54) is 32.4 Å². The fourth-order valence-electron chi connectivity index (χ4n) is 1.68. The van der Waals surface area contributed by atoms with Crippen LogP contribution in [0.4, 0.5) is 0 Å². The van der Waals surface area contributed by atoms with Gasteiger partial charge >= 0.3 is 0 Å². The highest BCUT2D eigenvalue weighted by molar-refractivity contribution is 7.09. The number of hydrogen-bond acceptors (Lipinski definition) is 4. The number of piperidine rings is 1. The van der Waals surface area contributed by atoms with Crippen molar-refractivity contribution in [3.8, 4) is 5.88 Å². The molecule has 4 heteroatoms. The zero-order valence-corrected chi connectivity index (χ0v) is 8.39. The summed E-state index contributed by atoms with van der Waals surface area (Å²) in [5, 5.41) is 11.8. The molecule has 3 nitrogen and oxygen atoms in total. The number of aromatic nitrogens is 1. The Labute approximate surface area is 82.0 Å². The topological polar surface area (TPSA) is 36.4 Å². The van der Waals surface area contributed by atoms with E-state index in [2.05, 4.69) is 9.88 Å². The highest BCUT2D eigenvalue weighted by Gasteiger charge is 2.11. The molecule has 72 valence electrons. The van der Waals surface area contributed by atoms with Crippen molar-refractivity contribution in [1.29, 1.82) is 0 Å². The molecule has 1 aliphatic heterocycles. The average Bonchev–Trinajstić information content (AvgIpc) is 2.53. The molecule has 0 aliphatic carbocycles. The molecule has 0 bridgehead atoms. The molecule has 1 aromatic rings. The van der Waals surface area contributed by atoms with Crippen molar-refractivity contribution in [1.82, 2.24) is 9.88 Å². The minimum absolute atomic E-state index is 0.164. The smallest absolute Gasteiger partial charge is 0.222 e. The van der Waals surface area contributed by atoms with Crippen LogP contribution in [0, 0.1) is 0 Å². The van der Waals surface area contributed by atoms with Crippen LogP contribution in [0.15, 0.2) is 5.38 Å². The van der Waals surface area contributed by atoms with Crippen molar-refractivity contribution >= 4 is 11.3 Å². The third-order valence-electron chi connectivity index (χ3n) is 2.35. The summed E-state index contributed by atoms with van der Waals surface area (Å²) in [7, 11) is 0. The largest absolute Gasteiger partial charge is 0.493 e. The maximum atomic E-state index is 9.06. The second-order valence-electron chi connectivity index (χ2n) is 3.44. The summed E-state index contributed by atoms with van der Waals surface area (Å²) in [6.45, 7) is 3.27. The molecule has 2 rings (SSSR count). The van der Waals surface area contributed by atoms with Gasteiger partial charge in [0, 0.05) is 0 Å². The van der Waals surface area contributed by atoms with Crippen LogP contribution < -0.4 is 0 Å². The van der Waals surface area contributed by atoms with Gasteiger partial charge in [0.2, 0.25) is 5.88 Å². The number of thiazole rings is 1. The molecular formula is C9H14N2OS. The van der Waals surface area contributed by atoms with Gasteiger partial charge in [0.25, 0.3) is 0 Å². The van der Waals surface area contributed by atoms with Gasteiger partial charge in [0.1, 0.15) is 5.01 Å². The van der Waals surface area contributed by atoms with Crippen molar-refractivity contribution in [2.24, 2.45) is 0 Å². The van der Waals surface area contributed by atoms with E-state index in [0.29, 0.717) is 0 Å². The van der Waals surface area contributed by atoms with E-state index in [9.17, 15) is 0 Å². The monoisotopic (exact) mass is 198 g/mol. The Balaban J connectivity index is 1.89. The molecule has 1 N–H and O–H groups in total. The Morgan fingerprint density at radius 1 is 1.38 bits per heavy atom. The molecule has 0 unspecified atom stereocenters. The molecule has 13 heavy (non-hydrogen) atoms. The number of likely N-dealkylation sites (tertiary alicyclic amines) is 1. The van der Waals surface area contributed by atoms with Gasteiger partial charge in [-0.1, -0.05) is 6.42 Å². The minimum atomic E-state index is 0.164. The van der Waals surface area contributed by atoms with Crippen molar-refractivity contribution in [3.63, 3.8) is 0 Å². The molecule has 0 amide bonds. The third-order valence-corrected chi connectivity index (χ3v) is 3.17. The van der Waals surface area contributed by atoms with Crippen LogP contribution in [0.25, 0.3) is 0 Å². The molecule has 0 saturated carbocycles. The standard InChI is InChI=1S/C9H14N2OS/c12-8-7-13-9(10-8)6-11-4-2-1-3-5-11/h7,12H,1-6H2. The predicted molar refractivity (Wildman–Crippen MR) is 52.9 cm³/mol. The van der Waals surface area contributed by atoms with Crippen LogP contribution >= 0.6 is 11.3 Å². The van der Waals surface area contributed by atoms with Crippen molar-refractivity contribution in [3.05, 3.63) is 10.4 Å². The second kappa shape index (κ2) is 4.07. The Kier molecular flexibility index (Phi) is 2.80. The first-order valence-electron chi connectivity index (χ1n) is 4.70. The van der Waals surface area contributed by atoms with Gasteiger partial charge in [-0.15, -0.1) is 11.3 Å². The van der Waals surface area contributed by atoms with E-state index < -0.39 is 0 Å². The summed E-state index contributed by atoms with van der Waals surface area (Å²) >= 11 is 1.54. The Morgan fingerprint density at radius 3 is 2.77 bits per heavy atom. The molecule has 0 aromatic carbocycles. The van der Waals surface area contributed by atoms with E-state index in [1.54, 1.807) is 16.7 Å². The first-order chi connectivity index (χ1) is 6.34. The summed E-state index contributed by atoms with van der Waals surface area (Å²) in [5.41, 5.74) is 0. The zero-order chi connectivity index (χ0) is 9.10. The molecule has 0 atom stereocenters. The third kappa shape index (κ3) is 2.42. The summed E-state index contributed by atoms with van der Waals surface area (Å²) in [5.74, 6) is 0.164. The summed E-state index contributed by atoms with van der Waals surface area (Å²) in [4.78, 5) is 6.44. The SMILES string of the molecule is Oc1csc(CN2CCCCC2)n1. The second-order valence-corrected chi connectivity index (χ2v) is 4.38. The number of rotatable bonds is 2. The van der Waals surface area contributed by atoms with E-state index in [1.807, 2.05) is 0 Å². The van der Waals surface area contributed by atoms with Crippen molar-refractivity contribution in [2.45, 2.75) is 25.8 Å². The molecular weight excluding hydrogens is 184 g/mol. The van der Waals surface area contributed by atoms with Crippen LogP contribution in [0.3, 0.4) is 0 Å². The van der Waals surface area contributed by atoms with Crippen molar-refractivity contribution < 1.29 is 5.11 Å². The van der Waals surface area contributed by atoms with Gasteiger partial charge in [-0.2, -0.15) is 0 Å². The first-order valence-corrected chi connectivity index (χ1v) is 5.58. The quantitative estimate of drug-likeness (QED) is 0.787. The molecule has 0 spiro atoms. The predicted octanol–water partition coefficient (Wildman–Crippen LogP) is 1.83. The van der Waals surface area contributed by atoms with E-state index in [-0.39, 0.29) is 5.88 Å². The van der Waals surface area contributed by atoms with Crippen LogP contribution in [0.1, 0.15) is 24.3 Å². The van der Waals surface area contributed by atoms with Crippen LogP contribution in [-0.2, 0) is 6.54 Å². The lowest BCUT2D eigenvalue weighted by Gasteiger charge is -2.25. The molecule has 0 radical (unpaired) electrons. The maximum absolute atomic E-state index is 9.06. The lowest BCUT2D eigenvalue weighted by molar-refractivity contribution is 0.220. The normalized spacial score (nSPS) is 19.1. The van der Waals surface area contributed by atoms with Gasteiger partial charge in [0.15, 0.2) is 0 Å². The summed E-state index contributed by atoms with van der Waals surface area (Å²) in [6, 6.07) is 0. The van der Waals surface area contributed by atoms with Crippen LogP contribution in [0.2, 0.25) is 0 Å². The molecule has 1 fully saturated rings. The zero-order valence-electron chi connectivity index (χ0n) is 7.57. The fraction of sp³-hybridized carbons (Fsp3) is 0.667. The first kappa shape index (κ1) is 8.97. The molecule has 1 saturated heterocycles. The van der Waals surface area contributed by atoms with Gasteiger partial charge < -0.3 is 5.11 Å². The van der Waals surface area contributed by atoms with Crippen molar-refractivity contribution in [2.75, 3.05) is 13.1 Å². The fourth-order valence-corrected chi connectivity index (χ4v) is 2.38. The maximum Gasteiger partial charge on any atom is 0.222 e. The van der Waals surface area contributed by atoms with E-state index in [0.717, 1.165) is 11.6 Å². The molecule has 2 heterocycles. The summed E-state index contributed by atoms with van der Waals surface area (Å²) in [6.07, 6.45) is 3.97. The average molecular weight is 198 g/mol. The molecule has 1 aromatic heterocycles. The lowest BCUT2D eigenvalue weighted by Crippen LogP contribution is -2.28. The van der Waals surface area contributed by atoms with E-state index >= 15 is 0 Å². The van der Waals surface area contributed by atoms with Gasteiger partial charge in [-0.3, -0.25) is 4.90 Å². The van der Waals surface area contributed by atoms with Gasteiger partial charge in [0.05, 0.1) is 11.9 Å². The van der Waals surface area contributed by atoms with Gasteiger partial charge in [-0.05, 0) is 25.9 Å². The Bertz CT molecular complexity index is 268. The summed E-state index contributed by atoms with van der Waals surface area (Å²) < 4.78 is 0. The van der Waals surface area contributed by atoms with Crippen LogP contribution in [-0.4, -0.2) is 28.1 Å². The Morgan fingerprint density at radius 2 is 2.15 bits per heavy atom. The Hall–Kier alpha value is -0.610. The van der Waals surface area contributed by atoms with Gasteiger partial charge in [-0.25, -0.2) is 4.98 Å². The number of aromatic hydroxyl groups is 1. The number of hydrogen-bond donors (Lipinski definition) is 1. The lowest BCUT2D eigenvalue weighted by atomic mass is 10.1. The molecule has 1 aliphatic rings. The highest BCUT2D eigenvalue weighted by atomic mass is 32.1.